The van der Waals surface area contributed by atoms with Gasteiger partial charge in [-0.2, -0.15) is 0 Å². The third-order valence-corrected chi connectivity index (χ3v) is 3.02. The van der Waals surface area contributed by atoms with E-state index in [9.17, 15) is 0 Å². The topological polar surface area (TPSA) is 38.0 Å². The maximum Gasteiger partial charge on any atom is 0.0321 e. The van der Waals surface area contributed by atoms with Crippen molar-refractivity contribution in [1.29, 1.82) is 0 Å². The summed E-state index contributed by atoms with van der Waals surface area (Å²) in [7, 11) is 0. The summed E-state index contributed by atoms with van der Waals surface area (Å²) in [5.74, 6) is 0. The lowest BCUT2D eigenvalue weighted by atomic mass is 9.87. The third-order valence-electron chi connectivity index (χ3n) is 3.02. The molecule has 0 aromatic carbocycles. The van der Waals surface area contributed by atoms with E-state index in [1.54, 1.807) is 0 Å². The largest absolute Gasteiger partial charge is 0.324 e. The summed E-state index contributed by atoms with van der Waals surface area (Å²) in [4.78, 5) is 0. The molecular formula is C7H16Cl2N2. The fourth-order valence-electron chi connectivity index (χ4n) is 1.85. The van der Waals surface area contributed by atoms with Gasteiger partial charge < -0.3 is 11.1 Å². The highest BCUT2D eigenvalue weighted by molar-refractivity contribution is 5.85. The van der Waals surface area contributed by atoms with E-state index in [0.29, 0.717) is 5.41 Å². The normalized spacial score (nSPS) is 37.6. The van der Waals surface area contributed by atoms with E-state index in [1.807, 2.05) is 0 Å². The highest BCUT2D eigenvalue weighted by Gasteiger charge is 2.57. The quantitative estimate of drug-likeness (QED) is 0.609. The van der Waals surface area contributed by atoms with Gasteiger partial charge in [0, 0.05) is 24.0 Å². The van der Waals surface area contributed by atoms with Crippen molar-refractivity contribution in [3.63, 3.8) is 0 Å². The van der Waals surface area contributed by atoms with Gasteiger partial charge >= 0.3 is 0 Å². The van der Waals surface area contributed by atoms with E-state index in [1.165, 1.54) is 12.8 Å². The molecular weight excluding hydrogens is 183 g/mol. The van der Waals surface area contributed by atoms with Gasteiger partial charge in [-0.15, -0.1) is 24.8 Å². The lowest BCUT2D eigenvalue weighted by Crippen LogP contribution is -2.45. The minimum absolute atomic E-state index is 0. The summed E-state index contributed by atoms with van der Waals surface area (Å²) >= 11 is 0. The summed E-state index contributed by atoms with van der Waals surface area (Å²) in [6.07, 6.45) is 2.68. The molecule has 2 aliphatic rings. The summed E-state index contributed by atoms with van der Waals surface area (Å²) in [5, 5.41) is 3.34. The number of nitrogens with two attached hydrogens (primary N) is 1. The van der Waals surface area contributed by atoms with Gasteiger partial charge in [0.2, 0.25) is 0 Å². The highest BCUT2D eigenvalue weighted by Crippen LogP contribution is 2.54. The molecule has 68 valence electrons. The minimum atomic E-state index is 0. The number of nitrogens with one attached hydrogen (secondary N) is 1. The van der Waals surface area contributed by atoms with Gasteiger partial charge in [0.25, 0.3) is 0 Å². The van der Waals surface area contributed by atoms with Crippen molar-refractivity contribution in [3.05, 3.63) is 0 Å². The van der Waals surface area contributed by atoms with Crippen LogP contribution in [-0.4, -0.2) is 18.6 Å². The molecule has 2 rings (SSSR count). The van der Waals surface area contributed by atoms with Gasteiger partial charge in [-0.25, -0.2) is 0 Å². The van der Waals surface area contributed by atoms with E-state index in [2.05, 4.69) is 12.2 Å². The molecule has 0 aromatic rings. The Morgan fingerprint density at radius 1 is 1.18 bits per heavy atom. The fraction of sp³-hybridized carbons (Fsp3) is 1.00. The fourth-order valence-corrected chi connectivity index (χ4v) is 1.85. The van der Waals surface area contributed by atoms with Crippen molar-refractivity contribution in [2.24, 2.45) is 11.1 Å². The van der Waals surface area contributed by atoms with Crippen LogP contribution < -0.4 is 11.1 Å². The zero-order valence-corrected chi connectivity index (χ0v) is 8.36. The molecule has 0 unspecified atom stereocenters. The molecule has 0 amide bonds. The predicted molar refractivity (Wildman–Crippen MR) is 51.6 cm³/mol. The first-order valence-corrected chi connectivity index (χ1v) is 3.66. The van der Waals surface area contributed by atoms with Crippen LogP contribution in [0.1, 0.15) is 19.8 Å². The van der Waals surface area contributed by atoms with Gasteiger partial charge in [0.05, 0.1) is 0 Å². The summed E-state index contributed by atoms with van der Waals surface area (Å²) in [6, 6.07) is 0. The Bertz CT molecular complexity index is 139. The molecule has 1 saturated heterocycles. The number of hydrogen-bond acceptors (Lipinski definition) is 2. The van der Waals surface area contributed by atoms with E-state index in [4.69, 9.17) is 5.73 Å². The van der Waals surface area contributed by atoms with E-state index < -0.39 is 0 Å². The van der Waals surface area contributed by atoms with Crippen molar-refractivity contribution >= 4 is 24.8 Å². The Kier molecular flexibility index (Phi) is 3.23. The Labute approximate surface area is 80.1 Å². The van der Waals surface area contributed by atoms with Gasteiger partial charge in [0.1, 0.15) is 0 Å². The molecule has 0 radical (unpaired) electrons. The zero-order chi connectivity index (χ0) is 6.54. The van der Waals surface area contributed by atoms with Crippen molar-refractivity contribution < 1.29 is 0 Å². The van der Waals surface area contributed by atoms with Crippen LogP contribution in [0.4, 0.5) is 0 Å². The third kappa shape index (κ3) is 1.50. The van der Waals surface area contributed by atoms with Gasteiger partial charge in [-0.05, 0) is 19.8 Å². The maximum atomic E-state index is 6.06. The van der Waals surface area contributed by atoms with E-state index in [0.717, 1.165) is 13.1 Å². The van der Waals surface area contributed by atoms with Crippen molar-refractivity contribution in [2.75, 3.05) is 13.1 Å². The molecule has 1 aliphatic heterocycles. The second-order valence-corrected chi connectivity index (χ2v) is 3.80. The molecule has 1 spiro atoms. The first-order chi connectivity index (χ1) is 4.16. The minimum Gasteiger partial charge on any atom is -0.324 e. The van der Waals surface area contributed by atoms with Gasteiger partial charge in [0.15, 0.2) is 0 Å². The molecule has 1 heterocycles. The van der Waals surface area contributed by atoms with Crippen LogP contribution in [-0.2, 0) is 0 Å². The van der Waals surface area contributed by atoms with E-state index >= 15 is 0 Å². The van der Waals surface area contributed by atoms with Crippen LogP contribution >= 0.6 is 24.8 Å². The predicted octanol–water partition coefficient (Wildman–Crippen LogP) is 0.931. The number of halogens is 2. The molecule has 1 atom stereocenters. The second kappa shape index (κ2) is 3.09. The first kappa shape index (κ1) is 11.5. The number of rotatable bonds is 0. The Balaban J connectivity index is 0.000000500. The van der Waals surface area contributed by atoms with Crippen molar-refractivity contribution in [3.8, 4) is 0 Å². The molecule has 4 heteroatoms. The van der Waals surface area contributed by atoms with Crippen LogP contribution in [0.3, 0.4) is 0 Å². The molecule has 3 N–H and O–H groups in total. The molecule has 1 saturated carbocycles. The van der Waals surface area contributed by atoms with Crippen LogP contribution in [0, 0.1) is 5.41 Å². The van der Waals surface area contributed by atoms with Crippen molar-refractivity contribution in [2.45, 2.75) is 25.3 Å². The molecule has 0 bridgehead atoms. The molecule has 0 aromatic heterocycles. The van der Waals surface area contributed by atoms with Crippen molar-refractivity contribution in [1.82, 2.24) is 5.32 Å². The van der Waals surface area contributed by atoms with E-state index in [-0.39, 0.29) is 30.4 Å². The Hall–Kier alpha value is 0.500. The zero-order valence-electron chi connectivity index (χ0n) is 6.72. The van der Waals surface area contributed by atoms with Gasteiger partial charge in [-0.1, -0.05) is 0 Å². The Morgan fingerprint density at radius 2 is 1.73 bits per heavy atom. The summed E-state index contributed by atoms with van der Waals surface area (Å²) in [5.41, 5.74) is 6.65. The standard InChI is InChI=1S/C7H14N2.2ClH/c1-6(8)4-9-5-7(6)2-3-7;;/h9H,2-5,8H2,1H3;2*1H/t6-;;/m0../s1. The smallest absolute Gasteiger partial charge is 0.0321 e. The molecule has 2 nitrogen and oxygen atoms in total. The highest BCUT2D eigenvalue weighted by atomic mass is 35.5. The SMILES string of the molecule is C[C@]1(N)CNCC12CC2.Cl.Cl. The monoisotopic (exact) mass is 198 g/mol. The summed E-state index contributed by atoms with van der Waals surface area (Å²) < 4.78 is 0. The van der Waals surface area contributed by atoms with Crippen LogP contribution in [0.15, 0.2) is 0 Å². The average Bonchev–Trinajstić information content (AvgIpc) is 2.41. The molecule has 2 fully saturated rings. The maximum absolute atomic E-state index is 6.06. The lowest BCUT2D eigenvalue weighted by molar-refractivity contribution is 0.354. The van der Waals surface area contributed by atoms with Crippen LogP contribution in [0.5, 0.6) is 0 Å². The number of hydrogen-bond donors (Lipinski definition) is 2. The lowest BCUT2D eigenvalue weighted by Gasteiger charge is -2.24. The van der Waals surface area contributed by atoms with Crippen LogP contribution in [0.2, 0.25) is 0 Å². The molecule has 11 heavy (non-hydrogen) atoms. The molecule has 1 aliphatic carbocycles. The average molecular weight is 199 g/mol. The van der Waals surface area contributed by atoms with Crippen LogP contribution in [0.25, 0.3) is 0 Å². The second-order valence-electron chi connectivity index (χ2n) is 3.80. The Morgan fingerprint density at radius 3 is 1.91 bits per heavy atom. The summed E-state index contributed by atoms with van der Waals surface area (Å²) in [6.45, 7) is 4.33. The first-order valence-electron chi connectivity index (χ1n) is 3.66. The van der Waals surface area contributed by atoms with Gasteiger partial charge in [-0.3, -0.25) is 0 Å².